The molecule has 0 radical (unpaired) electrons. The van der Waals surface area contributed by atoms with Gasteiger partial charge in [0, 0.05) is 24.4 Å². The van der Waals surface area contributed by atoms with Crippen LogP contribution < -0.4 is 0 Å². The van der Waals surface area contributed by atoms with E-state index in [2.05, 4.69) is 0 Å². The minimum absolute atomic E-state index is 0.340. The second-order valence-electron chi connectivity index (χ2n) is 5.66. The van der Waals surface area contributed by atoms with Crippen molar-refractivity contribution >= 4 is 23.2 Å². The number of aliphatic carboxylic acids is 1. The molecular weight excluding hydrogens is 335 g/mol. The van der Waals surface area contributed by atoms with Crippen molar-refractivity contribution in [2.75, 3.05) is 19.7 Å². The van der Waals surface area contributed by atoms with E-state index in [0.717, 1.165) is 15.3 Å². The van der Waals surface area contributed by atoms with E-state index in [1.807, 2.05) is 0 Å². The van der Waals surface area contributed by atoms with Crippen LogP contribution in [0.15, 0.2) is 6.07 Å². The molecule has 9 heteroatoms. The lowest BCUT2D eigenvalue weighted by molar-refractivity contribution is -0.187. The summed E-state index contributed by atoms with van der Waals surface area (Å²) >= 11 is 1.25. The molecule has 0 unspecified atom stereocenters. The van der Waals surface area contributed by atoms with Gasteiger partial charge < -0.3 is 14.7 Å². The average molecular weight is 349 g/mol. The molecule has 1 fully saturated rings. The Bertz CT molecular complexity index is 619. The van der Waals surface area contributed by atoms with E-state index >= 15 is 0 Å². The molecule has 2 aliphatic heterocycles. The van der Waals surface area contributed by atoms with Crippen molar-refractivity contribution in [3.05, 3.63) is 21.4 Å². The number of carboxylic acids is 1. The second-order valence-corrected chi connectivity index (χ2v) is 6.80. The lowest BCUT2D eigenvalue weighted by Gasteiger charge is -2.18. The zero-order valence-electron chi connectivity index (χ0n) is 11.9. The first-order valence-electron chi connectivity index (χ1n) is 7.05. The summed E-state index contributed by atoms with van der Waals surface area (Å²) in [6.07, 6.45) is -3.96. The normalized spacial score (nSPS) is 24.6. The molecule has 2 aliphatic rings. The Labute approximate surface area is 133 Å². The minimum Gasteiger partial charge on any atom is -0.481 e. The molecule has 0 spiro atoms. The SMILES string of the molecule is O=C(O)[C@@H]1CN(C(=O)c2cc3c(s2)CCOC3)C[C@H]1C(F)(F)F. The summed E-state index contributed by atoms with van der Waals surface area (Å²) in [5.74, 6) is -5.71. The monoisotopic (exact) mass is 349 g/mol. The number of amides is 1. The van der Waals surface area contributed by atoms with Crippen molar-refractivity contribution in [3.63, 3.8) is 0 Å². The number of alkyl halides is 3. The van der Waals surface area contributed by atoms with Crippen molar-refractivity contribution in [3.8, 4) is 0 Å². The highest BCUT2D eigenvalue weighted by atomic mass is 32.1. The van der Waals surface area contributed by atoms with Gasteiger partial charge >= 0.3 is 12.1 Å². The Kier molecular flexibility index (Phi) is 4.09. The van der Waals surface area contributed by atoms with Crippen molar-refractivity contribution in [2.45, 2.75) is 19.2 Å². The smallest absolute Gasteiger partial charge is 0.394 e. The van der Waals surface area contributed by atoms with Crippen molar-refractivity contribution in [1.82, 2.24) is 4.90 Å². The van der Waals surface area contributed by atoms with Crippen molar-refractivity contribution in [1.29, 1.82) is 0 Å². The molecule has 1 amide bonds. The lowest BCUT2D eigenvalue weighted by atomic mass is 9.96. The molecular formula is C14H14F3NO4S. The van der Waals surface area contributed by atoms with Gasteiger partial charge in [0.1, 0.15) is 0 Å². The maximum atomic E-state index is 13.0. The summed E-state index contributed by atoms with van der Waals surface area (Å²) in [7, 11) is 0. The van der Waals surface area contributed by atoms with Crippen molar-refractivity contribution < 1.29 is 32.6 Å². The summed E-state index contributed by atoms with van der Waals surface area (Å²) in [6, 6.07) is 1.64. The number of fused-ring (bicyclic) bond motifs is 1. The number of ether oxygens (including phenoxy) is 1. The van der Waals surface area contributed by atoms with Gasteiger partial charge in [-0.1, -0.05) is 0 Å². The van der Waals surface area contributed by atoms with Gasteiger partial charge in [0.05, 0.1) is 29.9 Å². The summed E-state index contributed by atoms with van der Waals surface area (Å²) in [5.41, 5.74) is 0.881. The zero-order valence-corrected chi connectivity index (χ0v) is 12.7. The van der Waals surface area contributed by atoms with Gasteiger partial charge in [-0.3, -0.25) is 9.59 Å². The fraction of sp³-hybridized carbons (Fsp3) is 0.571. The fourth-order valence-corrected chi connectivity index (χ4v) is 4.08. The van der Waals surface area contributed by atoms with Gasteiger partial charge in [0.2, 0.25) is 0 Å². The molecule has 2 atom stereocenters. The van der Waals surface area contributed by atoms with Crippen LogP contribution in [0.5, 0.6) is 0 Å². The number of carboxylic acid groups (broad SMARTS) is 1. The Morgan fingerprint density at radius 2 is 2.09 bits per heavy atom. The van der Waals surface area contributed by atoms with Crippen LogP contribution in [-0.4, -0.2) is 47.8 Å². The van der Waals surface area contributed by atoms with E-state index in [9.17, 15) is 22.8 Å². The number of thiophene rings is 1. The fourth-order valence-electron chi connectivity index (χ4n) is 2.96. The number of likely N-dealkylation sites (tertiary alicyclic amines) is 1. The first-order chi connectivity index (χ1) is 10.8. The maximum Gasteiger partial charge on any atom is 0.394 e. The van der Waals surface area contributed by atoms with Gasteiger partial charge in [0.25, 0.3) is 5.91 Å². The number of hydrogen-bond donors (Lipinski definition) is 1. The topological polar surface area (TPSA) is 66.8 Å². The van der Waals surface area contributed by atoms with E-state index in [1.54, 1.807) is 6.07 Å². The maximum absolute atomic E-state index is 13.0. The lowest BCUT2D eigenvalue weighted by Crippen LogP contribution is -2.34. The number of rotatable bonds is 2. The molecule has 0 aromatic carbocycles. The largest absolute Gasteiger partial charge is 0.481 e. The van der Waals surface area contributed by atoms with E-state index in [0.29, 0.717) is 24.5 Å². The van der Waals surface area contributed by atoms with Crippen LogP contribution in [-0.2, 0) is 22.6 Å². The molecule has 0 saturated carbocycles. The van der Waals surface area contributed by atoms with Gasteiger partial charge in [0.15, 0.2) is 0 Å². The minimum atomic E-state index is -4.64. The number of halogens is 3. The van der Waals surface area contributed by atoms with Crippen LogP contribution in [0.3, 0.4) is 0 Å². The van der Waals surface area contributed by atoms with Crippen LogP contribution in [0, 0.1) is 11.8 Å². The molecule has 1 aromatic heterocycles. The molecule has 126 valence electrons. The second kappa shape index (κ2) is 5.79. The van der Waals surface area contributed by atoms with Gasteiger partial charge in [-0.2, -0.15) is 13.2 Å². The molecule has 5 nitrogen and oxygen atoms in total. The third kappa shape index (κ3) is 3.07. The van der Waals surface area contributed by atoms with Gasteiger partial charge in [-0.25, -0.2) is 0 Å². The Balaban J connectivity index is 1.80. The van der Waals surface area contributed by atoms with Gasteiger partial charge in [-0.05, 0) is 11.6 Å². The average Bonchev–Trinajstić information content (AvgIpc) is 3.10. The highest BCUT2D eigenvalue weighted by Gasteiger charge is 2.53. The van der Waals surface area contributed by atoms with E-state index in [1.165, 1.54) is 11.3 Å². The predicted octanol–water partition coefficient (Wildman–Crippen LogP) is 2.16. The van der Waals surface area contributed by atoms with Gasteiger partial charge in [-0.15, -0.1) is 11.3 Å². The quantitative estimate of drug-likeness (QED) is 0.889. The van der Waals surface area contributed by atoms with E-state index in [4.69, 9.17) is 9.84 Å². The zero-order chi connectivity index (χ0) is 16.8. The summed E-state index contributed by atoms with van der Waals surface area (Å²) in [5, 5.41) is 9.00. The van der Waals surface area contributed by atoms with Crippen LogP contribution in [0.4, 0.5) is 13.2 Å². The number of hydrogen-bond acceptors (Lipinski definition) is 4. The molecule has 23 heavy (non-hydrogen) atoms. The van der Waals surface area contributed by atoms with Crippen LogP contribution >= 0.6 is 11.3 Å². The van der Waals surface area contributed by atoms with Crippen molar-refractivity contribution in [2.24, 2.45) is 11.8 Å². The summed E-state index contributed by atoms with van der Waals surface area (Å²) in [6.45, 7) is -0.0834. The number of nitrogens with zero attached hydrogens (tertiary/aromatic N) is 1. The molecule has 3 rings (SSSR count). The van der Waals surface area contributed by atoms with E-state index < -0.39 is 43.0 Å². The first-order valence-corrected chi connectivity index (χ1v) is 7.87. The Morgan fingerprint density at radius 3 is 2.65 bits per heavy atom. The highest BCUT2D eigenvalue weighted by molar-refractivity contribution is 7.14. The highest BCUT2D eigenvalue weighted by Crippen LogP contribution is 2.39. The predicted molar refractivity (Wildman–Crippen MR) is 74.3 cm³/mol. The molecule has 1 aromatic rings. The Hall–Kier alpha value is -1.61. The summed E-state index contributed by atoms with van der Waals surface area (Å²) < 4.78 is 44.2. The molecule has 1 N–H and O–H groups in total. The number of carbonyl (C=O) groups excluding carboxylic acids is 1. The number of carbonyl (C=O) groups is 2. The summed E-state index contributed by atoms with van der Waals surface area (Å²) in [4.78, 5) is 25.8. The van der Waals surface area contributed by atoms with Crippen LogP contribution in [0.25, 0.3) is 0 Å². The van der Waals surface area contributed by atoms with Crippen LogP contribution in [0.1, 0.15) is 20.1 Å². The molecule has 1 saturated heterocycles. The van der Waals surface area contributed by atoms with Crippen LogP contribution in [0.2, 0.25) is 0 Å². The molecule has 0 bridgehead atoms. The first kappa shape index (κ1) is 16.3. The standard InChI is InChI=1S/C14H14F3NO4S/c15-14(16,17)9-5-18(4-8(9)13(20)21)12(19)11-3-7-6-22-2-1-10(7)23-11/h3,8-9H,1-2,4-6H2,(H,20,21)/t8-,9-/m1/s1. The van der Waals surface area contributed by atoms with E-state index in [-0.39, 0.29) is 0 Å². The molecule has 3 heterocycles. The molecule has 0 aliphatic carbocycles. The third-order valence-electron chi connectivity index (χ3n) is 4.18. The third-order valence-corrected chi connectivity index (χ3v) is 5.41. The Morgan fingerprint density at radius 1 is 1.35 bits per heavy atom.